The third-order valence-corrected chi connectivity index (χ3v) is 2.86. The molecule has 0 aromatic heterocycles. The van der Waals surface area contributed by atoms with Crippen LogP contribution in [0.5, 0.6) is 5.75 Å². The Labute approximate surface area is 117 Å². The maximum atomic E-state index is 13.0. The average molecular weight is 287 g/mol. The first kappa shape index (κ1) is 16.6. The van der Waals surface area contributed by atoms with Gasteiger partial charge in [-0.2, -0.15) is 13.2 Å². The predicted molar refractivity (Wildman–Crippen MR) is 73.8 cm³/mol. The molecule has 0 spiro atoms. The molecule has 1 aromatic carbocycles. The Morgan fingerprint density at radius 3 is 2.55 bits per heavy atom. The van der Waals surface area contributed by atoms with Crippen LogP contribution in [0.4, 0.5) is 13.2 Å². The van der Waals surface area contributed by atoms with E-state index < -0.39 is 11.7 Å². The highest BCUT2D eigenvalue weighted by Gasteiger charge is 2.34. The zero-order chi connectivity index (χ0) is 15.2. The fourth-order valence-electron chi connectivity index (χ4n) is 1.59. The summed E-state index contributed by atoms with van der Waals surface area (Å²) >= 11 is 0. The quantitative estimate of drug-likeness (QED) is 0.760. The summed E-state index contributed by atoms with van der Waals surface area (Å²) in [7, 11) is 0. The van der Waals surface area contributed by atoms with Crippen molar-refractivity contribution in [2.45, 2.75) is 33.0 Å². The van der Waals surface area contributed by atoms with E-state index in [0.717, 1.165) is 11.6 Å². The lowest BCUT2D eigenvalue weighted by molar-refractivity contribution is -0.138. The Hall–Kier alpha value is -1.49. The molecular formula is C15H20F3NO. The Morgan fingerprint density at radius 1 is 1.30 bits per heavy atom. The minimum absolute atomic E-state index is 0.103. The molecule has 0 saturated carbocycles. The molecule has 20 heavy (non-hydrogen) atoms. The lowest BCUT2D eigenvalue weighted by Gasteiger charge is -2.16. The summed E-state index contributed by atoms with van der Waals surface area (Å²) in [6, 6.07) is 4.15. The zero-order valence-electron chi connectivity index (χ0n) is 11.8. The number of hydrogen-bond acceptors (Lipinski definition) is 2. The number of halogens is 3. The molecule has 0 heterocycles. The van der Waals surface area contributed by atoms with Gasteiger partial charge in [0.25, 0.3) is 0 Å². The molecule has 0 aliphatic rings. The number of hydrogen-bond donors (Lipinski definition) is 1. The summed E-state index contributed by atoms with van der Waals surface area (Å²) in [6.07, 6.45) is -3.75. The second kappa shape index (κ2) is 7.33. The van der Waals surface area contributed by atoms with Crippen molar-refractivity contribution in [1.82, 2.24) is 5.32 Å². The van der Waals surface area contributed by atoms with Crippen LogP contribution in [0.2, 0.25) is 0 Å². The second-order valence-corrected chi connectivity index (χ2v) is 4.50. The molecule has 1 rings (SSSR count). The average Bonchev–Trinajstić information content (AvgIpc) is 2.41. The Kier molecular flexibility index (Phi) is 6.07. The number of nitrogens with one attached hydrogen (secondary N) is 1. The fraction of sp³-hybridized carbons (Fsp3) is 0.467. The van der Waals surface area contributed by atoms with E-state index in [1.165, 1.54) is 6.07 Å². The highest BCUT2D eigenvalue weighted by Crippen LogP contribution is 2.37. The molecule has 2 nitrogen and oxygen atoms in total. The Balaban J connectivity index is 2.95. The molecule has 1 aromatic rings. The SMILES string of the molecule is C=C(CC)COc1ccc(CNCC)cc1C(F)(F)F. The van der Waals surface area contributed by atoms with Crippen molar-refractivity contribution in [3.8, 4) is 5.75 Å². The van der Waals surface area contributed by atoms with Crippen molar-refractivity contribution in [3.05, 3.63) is 41.5 Å². The number of rotatable bonds is 7. The monoisotopic (exact) mass is 287 g/mol. The zero-order valence-corrected chi connectivity index (χ0v) is 11.8. The van der Waals surface area contributed by atoms with Crippen LogP contribution in [0.25, 0.3) is 0 Å². The molecule has 0 amide bonds. The van der Waals surface area contributed by atoms with Crippen LogP contribution in [-0.4, -0.2) is 13.2 Å². The normalized spacial score (nSPS) is 11.4. The van der Waals surface area contributed by atoms with Crippen LogP contribution in [0, 0.1) is 0 Å². The molecule has 0 radical (unpaired) electrons. The molecule has 0 unspecified atom stereocenters. The third kappa shape index (κ3) is 4.89. The maximum absolute atomic E-state index is 13.0. The van der Waals surface area contributed by atoms with E-state index in [9.17, 15) is 13.2 Å². The van der Waals surface area contributed by atoms with Crippen LogP contribution < -0.4 is 10.1 Å². The van der Waals surface area contributed by atoms with Crippen molar-refractivity contribution >= 4 is 0 Å². The number of alkyl halides is 3. The first-order chi connectivity index (χ1) is 9.38. The van der Waals surface area contributed by atoms with Crippen molar-refractivity contribution in [2.24, 2.45) is 0 Å². The summed E-state index contributed by atoms with van der Waals surface area (Å²) in [5.74, 6) is -0.146. The van der Waals surface area contributed by atoms with Gasteiger partial charge in [-0.1, -0.05) is 26.5 Å². The highest BCUT2D eigenvalue weighted by atomic mass is 19.4. The van der Waals surface area contributed by atoms with E-state index in [2.05, 4.69) is 11.9 Å². The van der Waals surface area contributed by atoms with Gasteiger partial charge >= 0.3 is 6.18 Å². The van der Waals surface area contributed by atoms with E-state index in [-0.39, 0.29) is 12.4 Å². The molecule has 0 saturated heterocycles. The summed E-state index contributed by atoms with van der Waals surface area (Å²) in [4.78, 5) is 0. The molecule has 5 heteroatoms. The lowest BCUT2D eigenvalue weighted by atomic mass is 10.1. The lowest BCUT2D eigenvalue weighted by Crippen LogP contribution is -2.14. The van der Waals surface area contributed by atoms with Crippen LogP contribution in [0.3, 0.4) is 0 Å². The minimum atomic E-state index is -4.43. The van der Waals surface area contributed by atoms with E-state index in [1.807, 2.05) is 13.8 Å². The largest absolute Gasteiger partial charge is 0.489 e. The third-order valence-electron chi connectivity index (χ3n) is 2.86. The van der Waals surface area contributed by atoms with E-state index in [0.29, 0.717) is 25.1 Å². The topological polar surface area (TPSA) is 21.3 Å². The summed E-state index contributed by atoms with van der Waals surface area (Å²) in [6.45, 7) is 8.72. The molecule has 1 N–H and O–H groups in total. The van der Waals surface area contributed by atoms with Crippen LogP contribution >= 0.6 is 0 Å². The van der Waals surface area contributed by atoms with Crippen molar-refractivity contribution in [2.75, 3.05) is 13.2 Å². The van der Waals surface area contributed by atoms with E-state index in [1.54, 1.807) is 6.07 Å². The standard InChI is InChI=1S/C15H20F3NO/c1-4-11(3)10-20-14-7-6-12(9-19-5-2)8-13(14)15(16,17)18/h6-8,19H,3-5,9-10H2,1-2H3. The molecule has 0 bridgehead atoms. The van der Waals surface area contributed by atoms with Gasteiger partial charge in [0.2, 0.25) is 0 Å². The first-order valence-corrected chi connectivity index (χ1v) is 6.58. The Bertz CT molecular complexity index is 455. The maximum Gasteiger partial charge on any atom is 0.419 e. The number of benzene rings is 1. The molecule has 112 valence electrons. The van der Waals surface area contributed by atoms with Gasteiger partial charge in [0, 0.05) is 6.54 Å². The molecule has 0 aliphatic heterocycles. The molecule has 0 aliphatic carbocycles. The molecule has 0 fully saturated rings. The van der Waals surface area contributed by atoms with Gasteiger partial charge in [-0.3, -0.25) is 0 Å². The van der Waals surface area contributed by atoms with Gasteiger partial charge in [-0.15, -0.1) is 0 Å². The van der Waals surface area contributed by atoms with Crippen LogP contribution in [0.1, 0.15) is 31.4 Å². The van der Waals surface area contributed by atoms with Crippen LogP contribution in [-0.2, 0) is 12.7 Å². The van der Waals surface area contributed by atoms with Gasteiger partial charge in [0.15, 0.2) is 0 Å². The van der Waals surface area contributed by atoms with Gasteiger partial charge in [-0.25, -0.2) is 0 Å². The van der Waals surface area contributed by atoms with Gasteiger partial charge in [-0.05, 0) is 36.2 Å². The van der Waals surface area contributed by atoms with Gasteiger partial charge in [0.05, 0.1) is 5.56 Å². The second-order valence-electron chi connectivity index (χ2n) is 4.50. The smallest absolute Gasteiger partial charge is 0.419 e. The predicted octanol–water partition coefficient (Wildman–Crippen LogP) is 4.16. The summed E-state index contributed by atoms with van der Waals surface area (Å²) < 4.78 is 44.3. The Morgan fingerprint density at radius 2 is 2.00 bits per heavy atom. The van der Waals surface area contributed by atoms with Crippen LogP contribution in [0.15, 0.2) is 30.4 Å². The fourth-order valence-corrected chi connectivity index (χ4v) is 1.59. The highest BCUT2D eigenvalue weighted by molar-refractivity contribution is 5.39. The first-order valence-electron chi connectivity index (χ1n) is 6.58. The van der Waals surface area contributed by atoms with Gasteiger partial charge in [0.1, 0.15) is 12.4 Å². The van der Waals surface area contributed by atoms with E-state index in [4.69, 9.17) is 4.74 Å². The summed E-state index contributed by atoms with van der Waals surface area (Å²) in [5.41, 5.74) is 0.604. The van der Waals surface area contributed by atoms with E-state index >= 15 is 0 Å². The van der Waals surface area contributed by atoms with Crippen molar-refractivity contribution < 1.29 is 17.9 Å². The van der Waals surface area contributed by atoms with Crippen molar-refractivity contribution in [3.63, 3.8) is 0 Å². The van der Waals surface area contributed by atoms with Crippen molar-refractivity contribution in [1.29, 1.82) is 0 Å². The number of ether oxygens (including phenoxy) is 1. The summed E-state index contributed by atoms with van der Waals surface area (Å²) in [5, 5.41) is 3.00. The minimum Gasteiger partial charge on any atom is -0.489 e. The molecular weight excluding hydrogens is 267 g/mol. The molecule has 0 atom stereocenters. The van der Waals surface area contributed by atoms with Gasteiger partial charge < -0.3 is 10.1 Å².